The molecule has 206 valence electrons. The maximum atomic E-state index is 12.8. The molecular formula is C30H40N2O5S. The lowest BCUT2D eigenvalue weighted by Crippen LogP contribution is -2.35. The number of imide groups is 1. The summed E-state index contributed by atoms with van der Waals surface area (Å²) < 4.78 is 11.1. The van der Waals surface area contributed by atoms with Crippen molar-refractivity contribution in [1.29, 1.82) is 0 Å². The summed E-state index contributed by atoms with van der Waals surface area (Å²) >= 11 is 0.985. The smallest absolute Gasteiger partial charge is 0.307 e. The molecule has 1 unspecified atom stereocenters. The van der Waals surface area contributed by atoms with Crippen molar-refractivity contribution >= 4 is 28.9 Å². The minimum absolute atomic E-state index is 0.306. The van der Waals surface area contributed by atoms with Crippen molar-refractivity contribution in [3.05, 3.63) is 59.4 Å². The first-order chi connectivity index (χ1) is 18.5. The number of pyridine rings is 1. The molecule has 0 N–H and O–H groups in total. The highest BCUT2D eigenvalue weighted by molar-refractivity contribution is 8.15. The summed E-state index contributed by atoms with van der Waals surface area (Å²) in [6.07, 6.45) is 12.1. The first-order valence-corrected chi connectivity index (χ1v) is 14.7. The van der Waals surface area contributed by atoms with Crippen molar-refractivity contribution in [1.82, 2.24) is 9.88 Å². The molecule has 0 radical (unpaired) electrons. The Morgan fingerprint density at radius 3 is 2.34 bits per heavy atom. The SMILES string of the molecule is CCCCCCCCCC(=O)OCN1C(=O)SC(Cc2ccc(OCCc3ccc(CC)cn3)cc2)C1=O. The van der Waals surface area contributed by atoms with Crippen molar-refractivity contribution in [3.8, 4) is 5.75 Å². The molecule has 1 fully saturated rings. The van der Waals surface area contributed by atoms with Gasteiger partial charge in [0.1, 0.15) is 5.75 Å². The Morgan fingerprint density at radius 1 is 0.947 bits per heavy atom. The molecule has 0 aliphatic carbocycles. The number of amides is 2. The van der Waals surface area contributed by atoms with Gasteiger partial charge in [0, 0.05) is 24.7 Å². The third-order valence-electron chi connectivity index (χ3n) is 6.61. The molecule has 2 aromatic rings. The lowest BCUT2D eigenvalue weighted by Gasteiger charge is -2.14. The third kappa shape index (κ3) is 9.78. The van der Waals surface area contributed by atoms with Crippen molar-refractivity contribution < 1.29 is 23.9 Å². The summed E-state index contributed by atoms with van der Waals surface area (Å²) in [6.45, 7) is 4.51. The monoisotopic (exact) mass is 540 g/mol. The highest BCUT2D eigenvalue weighted by atomic mass is 32.2. The number of carbonyl (C=O) groups is 3. The average molecular weight is 541 g/mol. The Labute approximate surface area is 230 Å². The quantitative estimate of drug-likeness (QED) is 0.167. The van der Waals surface area contributed by atoms with Crippen molar-refractivity contribution in [3.63, 3.8) is 0 Å². The van der Waals surface area contributed by atoms with Crippen LogP contribution >= 0.6 is 11.8 Å². The lowest BCUT2D eigenvalue weighted by atomic mass is 10.1. The summed E-state index contributed by atoms with van der Waals surface area (Å²) in [4.78, 5) is 42.7. The van der Waals surface area contributed by atoms with Crippen LogP contribution in [0.15, 0.2) is 42.6 Å². The molecule has 1 saturated heterocycles. The summed E-state index contributed by atoms with van der Waals surface area (Å²) in [5, 5.41) is -0.891. The number of unbranched alkanes of at least 4 members (excludes halogenated alkanes) is 6. The van der Waals surface area contributed by atoms with E-state index in [1.807, 2.05) is 36.5 Å². The molecule has 38 heavy (non-hydrogen) atoms. The molecule has 7 nitrogen and oxygen atoms in total. The molecule has 1 aliphatic rings. The predicted octanol–water partition coefficient (Wildman–Crippen LogP) is 6.51. The Hall–Kier alpha value is -2.87. The van der Waals surface area contributed by atoms with Gasteiger partial charge in [-0.2, -0.15) is 0 Å². The van der Waals surface area contributed by atoms with E-state index in [9.17, 15) is 14.4 Å². The van der Waals surface area contributed by atoms with E-state index in [2.05, 4.69) is 24.9 Å². The molecule has 2 amide bonds. The van der Waals surface area contributed by atoms with Gasteiger partial charge in [-0.1, -0.05) is 82.3 Å². The average Bonchev–Trinajstić information content (AvgIpc) is 3.19. The van der Waals surface area contributed by atoms with Crippen LogP contribution in [-0.2, 0) is 33.6 Å². The topological polar surface area (TPSA) is 85.8 Å². The summed E-state index contributed by atoms with van der Waals surface area (Å²) in [5.41, 5.74) is 3.15. The van der Waals surface area contributed by atoms with Crippen molar-refractivity contribution in [2.75, 3.05) is 13.3 Å². The number of hydrogen-bond donors (Lipinski definition) is 0. The second kappa shape index (κ2) is 16.2. The molecular weight excluding hydrogens is 500 g/mol. The van der Waals surface area contributed by atoms with Crippen LogP contribution in [0.4, 0.5) is 4.79 Å². The van der Waals surface area contributed by atoms with E-state index in [-0.39, 0.29) is 23.8 Å². The zero-order valence-electron chi connectivity index (χ0n) is 22.7. The van der Waals surface area contributed by atoms with Gasteiger partial charge in [-0.15, -0.1) is 0 Å². The number of aromatic nitrogens is 1. The fraction of sp³-hybridized carbons (Fsp3) is 0.533. The maximum Gasteiger partial charge on any atom is 0.307 e. The highest BCUT2D eigenvalue weighted by Crippen LogP contribution is 2.30. The molecule has 0 saturated carbocycles. The molecule has 3 rings (SSSR count). The van der Waals surface area contributed by atoms with E-state index in [0.29, 0.717) is 19.4 Å². The first-order valence-electron chi connectivity index (χ1n) is 13.8. The fourth-order valence-electron chi connectivity index (χ4n) is 4.20. The van der Waals surface area contributed by atoms with E-state index in [1.54, 1.807) is 0 Å². The number of thioether (sulfide) groups is 1. The number of rotatable bonds is 17. The van der Waals surface area contributed by atoms with Crippen molar-refractivity contribution in [2.24, 2.45) is 0 Å². The van der Waals surface area contributed by atoms with E-state index in [0.717, 1.165) is 65.8 Å². The zero-order chi connectivity index (χ0) is 27.2. The van der Waals surface area contributed by atoms with Gasteiger partial charge >= 0.3 is 5.97 Å². The van der Waals surface area contributed by atoms with Crippen LogP contribution in [-0.4, -0.2) is 45.6 Å². The van der Waals surface area contributed by atoms with Gasteiger partial charge in [0.05, 0.1) is 11.9 Å². The summed E-state index contributed by atoms with van der Waals surface area (Å²) in [6, 6.07) is 11.7. The van der Waals surface area contributed by atoms with Crippen LogP contribution in [0.2, 0.25) is 0 Å². The predicted molar refractivity (Wildman–Crippen MR) is 150 cm³/mol. The molecule has 0 bridgehead atoms. The summed E-state index contributed by atoms with van der Waals surface area (Å²) in [7, 11) is 0. The first kappa shape index (κ1) is 29.7. The van der Waals surface area contributed by atoms with Gasteiger partial charge in [-0.3, -0.25) is 19.4 Å². The Kier molecular flexibility index (Phi) is 12.6. The molecule has 2 heterocycles. The van der Waals surface area contributed by atoms with Crippen LogP contribution in [0.5, 0.6) is 5.75 Å². The number of ether oxygens (including phenoxy) is 2. The second-order valence-corrected chi connectivity index (χ2v) is 10.8. The highest BCUT2D eigenvalue weighted by Gasteiger charge is 2.40. The standard InChI is InChI=1S/C30H40N2O5S/c1-3-5-6-7-8-9-10-11-28(33)37-22-32-29(34)27(38-30(32)35)20-24-13-16-26(17-14-24)36-19-18-25-15-12-23(4-2)21-31-25/h12-17,21,27H,3-11,18-20,22H2,1-2H3. The molecule has 1 aromatic carbocycles. The van der Waals surface area contributed by atoms with E-state index in [4.69, 9.17) is 9.47 Å². The number of carbonyl (C=O) groups excluding carboxylic acids is 3. The number of hydrogen-bond acceptors (Lipinski definition) is 7. The normalized spacial score (nSPS) is 15.2. The second-order valence-electron chi connectivity index (χ2n) is 9.61. The van der Waals surface area contributed by atoms with E-state index < -0.39 is 5.25 Å². The van der Waals surface area contributed by atoms with Crippen LogP contribution < -0.4 is 4.74 Å². The summed E-state index contributed by atoms with van der Waals surface area (Å²) in [5.74, 6) is 0.0671. The zero-order valence-corrected chi connectivity index (χ0v) is 23.5. The minimum Gasteiger partial charge on any atom is -0.493 e. The van der Waals surface area contributed by atoms with E-state index in [1.165, 1.54) is 31.2 Å². The van der Waals surface area contributed by atoms with Crippen LogP contribution in [0, 0.1) is 0 Å². The molecule has 8 heteroatoms. The lowest BCUT2D eigenvalue weighted by molar-refractivity contribution is -0.149. The number of esters is 1. The third-order valence-corrected chi connectivity index (χ3v) is 7.68. The van der Waals surface area contributed by atoms with Crippen LogP contribution in [0.25, 0.3) is 0 Å². The van der Waals surface area contributed by atoms with Gasteiger partial charge < -0.3 is 9.47 Å². The number of aryl methyl sites for hydroxylation is 1. The van der Waals surface area contributed by atoms with E-state index >= 15 is 0 Å². The maximum absolute atomic E-state index is 12.8. The molecule has 1 aliphatic heterocycles. The number of benzene rings is 1. The molecule has 1 atom stereocenters. The van der Waals surface area contributed by atoms with Gasteiger partial charge in [0.15, 0.2) is 6.73 Å². The van der Waals surface area contributed by atoms with Crippen molar-refractivity contribution in [2.45, 2.75) is 89.7 Å². The van der Waals surface area contributed by atoms with Gasteiger partial charge in [0.25, 0.3) is 5.24 Å². The Balaban J connectivity index is 1.35. The molecule has 0 spiro atoms. The minimum atomic E-state index is -0.520. The fourth-order valence-corrected chi connectivity index (χ4v) is 5.22. The van der Waals surface area contributed by atoms with Crippen LogP contribution in [0.3, 0.4) is 0 Å². The molecule has 1 aromatic heterocycles. The largest absolute Gasteiger partial charge is 0.493 e. The van der Waals surface area contributed by atoms with Gasteiger partial charge in [-0.25, -0.2) is 4.90 Å². The van der Waals surface area contributed by atoms with Crippen LogP contribution in [0.1, 0.15) is 82.0 Å². The number of nitrogens with zero attached hydrogens (tertiary/aromatic N) is 2. The van der Waals surface area contributed by atoms with Gasteiger partial charge in [-0.05, 0) is 48.6 Å². The Bertz CT molecular complexity index is 1030. The van der Waals surface area contributed by atoms with Gasteiger partial charge in [0.2, 0.25) is 5.91 Å². The Morgan fingerprint density at radius 2 is 1.66 bits per heavy atom.